The standard InChI is InChI=1S/C29H27N/c1-20-10-12-22(13-11-20)24-15-17-29-27(19-24)26-8-4-5-9-28(26)30(29)25-16-14-21-6-2-3-7-23(21)18-25/h2-4,6-8,10,12,14-17,19,25H,5,9,11,13,18H2,1H3. The Labute approximate surface area is 178 Å². The molecule has 0 fully saturated rings. The molecule has 6 rings (SSSR count). The van der Waals surface area contributed by atoms with E-state index in [0.29, 0.717) is 6.04 Å². The molecule has 0 amide bonds. The lowest BCUT2D eigenvalue weighted by atomic mass is 9.92. The summed E-state index contributed by atoms with van der Waals surface area (Å²) in [5.41, 5.74) is 11.5. The summed E-state index contributed by atoms with van der Waals surface area (Å²) in [4.78, 5) is 0. The van der Waals surface area contributed by atoms with Crippen molar-refractivity contribution in [2.75, 3.05) is 0 Å². The fraction of sp³-hybridized carbons (Fsp3) is 0.241. The molecule has 30 heavy (non-hydrogen) atoms. The predicted octanol–water partition coefficient (Wildman–Crippen LogP) is 7.53. The normalized spacial score (nSPS) is 20.0. The van der Waals surface area contributed by atoms with Crippen LogP contribution in [0.25, 0.3) is 28.6 Å². The second-order valence-corrected chi connectivity index (χ2v) is 8.94. The van der Waals surface area contributed by atoms with Crippen molar-refractivity contribution in [2.24, 2.45) is 0 Å². The fourth-order valence-electron chi connectivity index (χ4n) is 5.38. The van der Waals surface area contributed by atoms with Crippen molar-refractivity contribution >= 4 is 28.6 Å². The number of hydrogen-bond acceptors (Lipinski definition) is 0. The van der Waals surface area contributed by atoms with Gasteiger partial charge in [-0.2, -0.15) is 0 Å². The zero-order valence-corrected chi connectivity index (χ0v) is 17.6. The average molecular weight is 390 g/mol. The molecule has 3 aliphatic rings. The van der Waals surface area contributed by atoms with E-state index < -0.39 is 0 Å². The Bertz CT molecular complexity index is 1280. The van der Waals surface area contributed by atoms with Gasteiger partial charge >= 0.3 is 0 Å². The Kier molecular flexibility index (Phi) is 4.16. The largest absolute Gasteiger partial charge is 0.337 e. The number of hydrogen-bond donors (Lipinski definition) is 0. The van der Waals surface area contributed by atoms with Crippen LogP contribution in [0.15, 0.2) is 72.3 Å². The summed E-state index contributed by atoms with van der Waals surface area (Å²) in [7, 11) is 0. The zero-order chi connectivity index (χ0) is 20.1. The van der Waals surface area contributed by atoms with E-state index in [1.54, 1.807) is 0 Å². The van der Waals surface area contributed by atoms with E-state index in [9.17, 15) is 0 Å². The Balaban J connectivity index is 1.50. The molecule has 0 saturated carbocycles. The van der Waals surface area contributed by atoms with E-state index in [1.807, 2.05) is 0 Å². The molecule has 0 N–H and O–H groups in total. The van der Waals surface area contributed by atoms with Gasteiger partial charge in [-0.05, 0) is 73.4 Å². The number of rotatable bonds is 2. The summed E-state index contributed by atoms with van der Waals surface area (Å²) in [5, 5.41) is 1.41. The minimum atomic E-state index is 0.392. The highest BCUT2D eigenvalue weighted by Gasteiger charge is 2.24. The third-order valence-electron chi connectivity index (χ3n) is 7.02. The van der Waals surface area contributed by atoms with Crippen molar-refractivity contribution in [3.05, 3.63) is 100 Å². The van der Waals surface area contributed by atoms with Crippen molar-refractivity contribution in [3.63, 3.8) is 0 Å². The summed E-state index contributed by atoms with van der Waals surface area (Å²) >= 11 is 0. The van der Waals surface area contributed by atoms with Gasteiger partial charge in [-0.15, -0.1) is 0 Å². The molecule has 3 aromatic rings. The molecule has 1 heterocycles. The molecular formula is C29H27N. The molecular weight excluding hydrogens is 362 g/mol. The molecule has 0 spiro atoms. The van der Waals surface area contributed by atoms with Crippen molar-refractivity contribution < 1.29 is 0 Å². The maximum atomic E-state index is 2.63. The first-order valence-corrected chi connectivity index (χ1v) is 11.2. The van der Waals surface area contributed by atoms with Crippen molar-refractivity contribution in [2.45, 2.75) is 45.1 Å². The van der Waals surface area contributed by atoms with Gasteiger partial charge in [0, 0.05) is 22.2 Å². The minimum absolute atomic E-state index is 0.392. The van der Waals surface area contributed by atoms with Crippen LogP contribution in [0.1, 0.15) is 60.2 Å². The van der Waals surface area contributed by atoms with Crippen LogP contribution in [-0.4, -0.2) is 4.57 Å². The lowest BCUT2D eigenvalue weighted by molar-refractivity contribution is 0.589. The number of fused-ring (bicyclic) bond motifs is 4. The van der Waals surface area contributed by atoms with Gasteiger partial charge in [-0.3, -0.25) is 0 Å². The quantitative estimate of drug-likeness (QED) is 0.427. The first-order chi connectivity index (χ1) is 14.8. The summed E-state index contributed by atoms with van der Waals surface area (Å²) in [6.45, 7) is 2.23. The number of nitrogens with zero attached hydrogens (tertiary/aromatic N) is 1. The lowest BCUT2D eigenvalue weighted by Gasteiger charge is -2.25. The second-order valence-electron chi connectivity index (χ2n) is 8.94. The SMILES string of the molecule is CC1=CC=C(c2ccc3c(c2)c2c(n3C3C=Cc4ccccc4C3)CCC=C2)CC1. The molecule has 148 valence electrons. The van der Waals surface area contributed by atoms with Gasteiger partial charge in [0.2, 0.25) is 0 Å². The number of allylic oxidation sites excluding steroid dienone is 6. The summed E-state index contributed by atoms with van der Waals surface area (Å²) < 4.78 is 2.63. The smallest absolute Gasteiger partial charge is 0.0563 e. The van der Waals surface area contributed by atoms with Crippen LogP contribution in [-0.2, 0) is 12.8 Å². The van der Waals surface area contributed by atoms with E-state index in [2.05, 4.69) is 90.4 Å². The topological polar surface area (TPSA) is 4.93 Å². The Morgan fingerprint density at radius 3 is 2.77 bits per heavy atom. The highest BCUT2D eigenvalue weighted by Crippen LogP contribution is 2.39. The molecule has 0 radical (unpaired) electrons. The molecule has 1 atom stereocenters. The maximum Gasteiger partial charge on any atom is 0.0563 e. The number of aromatic nitrogens is 1. The van der Waals surface area contributed by atoms with Gasteiger partial charge in [0.25, 0.3) is 0 Å². The van der Waals surface area contributed by atoms with E-state index in [1.165, 1.54) is 56.4 Å². The van der Waals surface area contributed by atoms with Crippen LogP contribution in [0.3, 0.4) is 0 Å². The zero-order valence-electron chi connectivity index (χ0n) is 17.6. The second kappa shape index (κ2) is 7.02. The molecule has 2 aromatic carbocycles. The highest BCUT2D eigenvalue weighted by molar-refractivity contribution is 5.94. The first kappa shape index (κ1) is 17.8. The monoisotopic (exact) mass is 389 g/mol. The third-order valence-corrected chi connectivity index (χ3v) is 7.02. The van der Waals surface area contributed by atoms with Crippen molar-refractivity contribution in [1.29, 1.82) is 0 Å². The lowest BCUT2D eigenvalue weighted by Crippen LogP contribution is -2.16. The molecule has 3 aliphatic carbocycles. The summed E-state index contributed by atoms with van der Waals surface area (Å²) in [6, 6.07) is 16.4. The van der Waals surface area contributed by atoms with E-state index in [-0.39, 0.29) is 0 Å². The fourth-order valence-corrected chi connectivity index (χ4v) is 5.38. The van der Waals surface area contributed by atoms with Gasteiger partial charge in [0.05, 0.1) is 6.04 Å². The summed E-state index contributed by atoms with van der Waals surface area (Å²) in [6.07, 6.45) is 19.7. The molecule has 1 unspecified atom stereocenters. The minimum Gasteiger partial charge on any atom is -0.337 e. The van der Waals surface area contributed by atoms with Crippen molar-refractivity contribution in [3.8, 4) is 0 Å². The molecule has 1 aromatic heterocycles. The van der Waals surface area contributed by atoms with Crippen LogP contribution in [0, 0.1) is 0 Å². The Morgan fingerprint density at radius 2 is 1.87 bits per heavy atom. The first-order valence-electron chi connectivity index (χ1n) is 11.2. The van der Waals surface area contributed by atoms with Gasteiger partial charge in [0.15, 0.2) is 0 Å². The van der Waals surface area contributed by atoms with E-state index >= 15 is 0 Å². The molecule has 0 bridgehead atoms. The Hall–Kier alpha value is -3.06. The van der Waals surface area contributed by atoms with Gasteiger partial charge in [0.1, 0.15) is 0 Å². The van der Waals surface area contributed by atoms with Crippen LogP contribution in [0.4, 0.5) is 0 Å². The molecule has 1 nitrogen and oxygen atoms in total. The van der Waals surface area contributed by atoms with Crippen LogP contribution in [0.5, 0.6) is 0 Å². The van der Waals surface area contributed by atoms with Gasteiger partial charge < -0.3 is 4.57 Å². The molecule has 0 saturated heterocycles. The van der Waals surface area contributed by atoms with Crippen LogP contribution < -0.4 is 0 Å². The number of benzene rings is 2. The van der Waals surface area contributed by atoms with Gasteiger partial charge in [-0.25, -0.2) is 0 Å². The van der Waals surface area contributed by atoms with Crippen LogP contribution >= 0.6 is 0 Å². The van der Waals surface area contributed by atoms with Crippen molar-refractivity contribution in [1.82, 2.24) is 4.57 Å². The van der Waals surface area contributed by atoms with E-state index in [0.717, 1.165) is 25.7 Å². The highest BCUT2D eigenvalue weighted by atomic mass is 15.0. The summed E-state index contributed by atoms with van der Waals surface area (Å²) in [5.74, 6) is 0. The van der Waals surface area contributed by atoms with Gasteiger partial charge in [-0.1, -0.05) is 72.4 Å². The van der Waals surface area contributed by atoms with Crippen LogP contribution in [0.2, 0.25) is 0 Å². The molecule has 0 aliphatic heterocycles. The predicted molar refractivity (Wildman–Crippen MR) is 128 cm³/mol. The maximum absolute atomic E-state index is 2.63. The third kappa shape index (κ3) is 2.84. The molecule has 1 heteroatoms. The van der Waals surface area contributed by atoms with E-state index in [4.69, 9.17) is 0 Å². The average Bonchev–Trinajstić information content (AvgIpc) is 3.13. The Morgan fingerprint density at radius 1 is 0.933 bits per heavy atom.